The van der Waals surface area contributed by atoms with Crippen LogP contribution in [0.3, 0.4) is 0 Å². The highest BCUT2D eigenvalue weighted by Gasteiger charge is 2.33. The van der Waals surface area contributed by atoms with Gasteiger partial charge in [0.1, 0.15) is 0 Å². The number of anilines is 1. The molecule has 3 nitrogen and oxygen atoms in total. The van der Waals surface area contributed by atoms with Gasteiger partial charge in [-0.15, -0.1) is 0 Å². The third-order valence-electron chi connectivity index (χ3n) is 2.79. The van der Waals surface area contributed by atoms with Gasteiger partial charge in [0, 0.05) is 18.8 Å². The van der Waals surface area contributed by atoms with Gasteiger partial charge in [-0.1, -0.05) is 13.0 Å². The Kier molecular flexibility index (Phi) is 5.62. The first-order valence-corrected chi connectivity index (χ1v) is 6.17. The van der Waals surface area contributed by atoms with Gasteiger partial charge in [0.15, 0.2) is 0 Å². The third kappa shape index (κ3) is 4.72. The quantitative estimate of drug-likeness (QED) is 0.785. The van der Waals surface area contributed by atoms with E-state index >= 15 is 0 Å². The second kappa shape index (κ2) is 6.77. The van der Waals surface area contributed by atoms with Crippen LogP contribution in [0, 0.1) is 0 Å². The van der Waals surface area contributed by atoms with E-state index in [-0.39, 0.29) is 24.4 Å². The van der Waals surface area contributed by atoms with Gasteiger partial charge in [0.05, 0.1) is 12.2 Å². The van der Waals surface area contributed by atoms with Crippen LogP contribution in [0.25, 0.3) is 0 Å². The molecule has 19 heavy (non-hydrogen) atoms. The van der Waals surface area contributed by atoms with Crippen LogP contribution < -0.4 is 5.73 Å². The highest BCUT2D eigenvalue weighted by molar-refractivity contribution is 5.46. The fraction of sp³-hybridized carbons (Fsp3) is 0.538. The van der Waals surface area contributed by atoms with Crippen LogP contribution in [0.4, 0.5) is 18.9 Å². The molecule has 0 aliphatic heterocycles. The number of rotatable bonds is 6. The minimum atomic E-state index is -4.41. The number of hydrogen-bond acceptors (Lipinski definition) is 3. The monoisotopic (exact) mass is 276 g/mol. The van der Waals surface area contributed by atoms with Crippen molar-refractivity contribution in [2.75, 3.05) is 25.4 Å². The van der Waals surface area contributed by atoms with E-state index in [1.165, 1.54) is 12.1 Å². The first-order valence-electron chi connectivity index (χ1n) is 6.17. The summed E-state index contributed by atoms with van der Waals surface area (Å²) in [6.45, 7) is 3.02. The van der Waals surface area contributed by atoms with E-state index in [1.807, 2.05) is 6.92 Å². The van der Waals surface area contributed by atoms with Crippen LogP contribution in [0.15, 0.2) is 18.2 Å². The van der Waals surface area contributed by atoms with Crippen molar-refractivity contribution in [1.82, 2.24) is 4.90 Å². The van der Waals surface area contributed by atoms with Gasteiger partial charge < -0.3 is 10.8 Å². The molecule has 0 saturated heterocycles. The van der Waals surface area contributed by atoms with Crippen molar-refractivity contribution < 1.29 is 18.3 Å². The lowest BCUT2D eigenvalue weighted by Gasteiger charge is -2.23. The van der Waals surface area contributed by atoms with E-state index in [9.17, 15) is 13.2 Å². The lowest BCUT2D eigenvalue weighted by molar-refractivity contribution is -0.138. The summed E-state index contributed by atoms with van der Waals surface area (Å²) in [6, 6.07) is 3.82. The number of nitrogen functional groups attached to an aromatic ring is 1. The van der Waals surface area contributed by atoms with E-state index in [1.54, 1.807) is 4.90 Å². The molecular weight excluding hydrogens is 257 g/mol. The number of hydrogen-bond donors (Lipinski definition) is 2. The van der Waals surface area contributed by atoms with Crippen LogP contribution in [-0.2, 0) is 12.7 Å². The van der Waals surface area contributed by atoms with Crippen molar-refractivity contribution in [2.45, 2.75) is 26.1 Å². The predicted molar refractivity (Wildman–Crippen MR) is 68.5 cm³/mol. The first kappa shape index (κ1) is 15.8. The van der Waals surface area contributed by atoms with E-state index in [0.717, 1.165) is 12.5 Å². The summed E-state index contributed by atoms with van der Waals surface area (Å²) in [5.74, 6) is 0. The summed E-state index contributed by atoms with van der Waals surface area (Å²) < 4.78 is 38.8. The molecule has 0 amide bonds. The predicted octanol–water partition coefficient (Wildman–Crippen LogP) is 2.49. The molecule has 1 aromatic rings. The molecule has 0 atom stereocenters. The fourth-order valence-corrected chi connectivity index (χ4v) is 1.96. The molecule has 6 heteroatoms. The van der Waals surface area contributed by atoms with Crippen LogP contribution in [-0.4, -0.2) is 29.7 Å². The smallest absolute Gasteiger partial charge is 0.399 e. The van der Waals surface area contributed by atoms with Crippen LogP contribution in [0.5, 0.6) is 0 Å². The molecule has 0 aliphatic carbocycles. The molecule has 0 spiro atoms. The summed E-state index contributed by atoms with van der Waals surface area (Å²) in [5.41, 5.74) is 5.00. The second-order valence-electron chi connectivity index (χ2n) is 4.41. The molecule has 0 fully saturated rings. The van der Waals surface area contributed by atoms with Gasteiger partial charge in [-0.3, -0.25) is 4.90 Å². The molecule has 0 aromatic heterocycles. The minimum Gasteiger partial charge on any atom is -0.399 e. The first-order chi connectivity index (χ1) is 8.88. The Labute approximate surface area is 110 Å². The average molecular weight is 276 g/mol. The number of nitrogens with zero attached hydrogens (tertiary/aromatic N) is 1. The van der Waals surface area contributed by atoms with E-state index in [2.05, 4.69) is 0 Å². The number of alkyl halides is 3. The summed E-state index contributed by atoms with van der Waals surface area (Å²) in [7, 11) is 0. The number of benzene rings is 1. The van der Waals surface area contributed by atoms with E-state index < -0.39 is 11.7 Å². The van der Waals surface area contributed by atoms with Crippen LogP contribution >= 0.6 is 0 Å². The highest BCUT2D eigenvalue weighted by Crippen LogP contribution is 2.33. The number of halogens is 3. The topological polar surface area (TPSA) is 49.5 Å². The third-order valence-corrected chi connectivity index (χ3v) is 2.79. The minimum absolute atomic E-state index is 0.0731. The lowest BCUT2D eigenvalue weighted by atomic mass is 10.1. The summed E-state index contributed by atoms with van der Waals surface area (Å²) in [5, 5.41) is 8.93. The SMILES string of the molecule is CCCN(CCO)Cc1ccc(N)cc1C(F)(F)F. The molecule has 0 aliphatic rings. The van der Waals surface area contributed by atoms with Crippen molar-refractivity contribution in [3.63, 3.8) is 0 Å². The number of aliphatic hydroxyl groups is 1. The van der Waals surface area contributed by atoms with Crippen molar-refractivity contribution in [2.24, 2.45) is 0 Å². The zero-order chi connectivity index (χ0) is 14.5. The summed E-state index contributed by atoms with van der Waals surface area (Å²) >= 11 is 0. The van der Waals surface area contributed by atoms with Gasteiger partial charge in [0.2, 0.25) is 0 Å². The van der Waals surface area contributed by atoms with Crippen LogP contribution in [0.1, 0.15) is 24.5 Å². The Morgan fingerprint density at radius 1 is 1.26 bits per heavy atom. The highest BCUT2D eigenvalue weighted by atomic mass is 19.4. The largest absolute Gasteiger partial charge is 0.416 e. The normalized spacial score (nSPS) is 12.1. The Morgan fingerprint density at radius 3 is 2.47 bits per heavy atom. The maximum Gasteiger partial charge on any atom is 0.416 e. The van der Waals surface area contributed by atoms with E-state index in [4.69, 9.17) is 10.8 Å². The van der Waals surface area contributed by atoms with E-state index in [0.29, 0.717) is 13.1 Å². The molecule has 3 N–H and O–H groups in total. The number of nitrogens with two attached hydrogens (primary N) is 1. The average Bonchev–Trinajstić information content (AvgIpc) is 2.31. The molecule has 0 unspecified atom stereocenters. The molecule has 1 rings (SSSR count). The van der Waals surface area contributed by atoms with Gasteiger partial charge in [-0.05, 0) is 30.7 Å². The zero-order valence-electron chi connectivity index (χ0n) is 10.9. The van der Waals surface area contributed by atoms with Gasteiger partial charge in [-0.25, -0.2) is 0 Å². The molecule has 1 aromatic carbocycles. The standard InChI is InChI=1S/C13H19F3N2O/c1-2-5-18(6-7-19)9-10-3-4-11(17)8-12(10)13(14,15)16/h3-4,8,19H,2,5-7,9,17H2,1H3. The molecule has 0 radical (unpaired) electrons. The zero-order valence-corrected chi connectivity index (χ0v) is 10.9. The second-order valence-corrected chi connectivity index (χ2v) is 4.41. The Balaban J connectivity index is 2.98. The van der Waals surface area contributed by atoms with Crippen molar-refractivity contribution in [3.05, 3.63) is 29.3 Å². The summed E-state index contributed by atoms with van der Waals surface area (Å²) in [4.78, 5) is 1.79. The maximum atomic E-state index is 12.9. The van der Waals surface area contributed by atoms with Crippen molar-refractivity contribution >= 4 is 5.69 Å². The van der Waals surface area contributed by atoms with Gasteiger partial charge in [0.25, 0.3) is 0 Å². The molecule has 0 saturated carbocycles. The Hall–Kier alpha value is -1.27. The summed E-state index contributed by atoms with van der Waals surface area (Å²) in [6.07, 6.45) is -3.60. The fourth-order valence-electron chi connectivity index (χ4n) is 1.96. The molecule has 0 heterocycles. The molecular formula is C13H19F3N2O. The van der Waals surface area contributed by atoms with Gasteiger partial charge in [-0.2, -0.15) is 13.2 Å². The van der Waals surface area contributed by atoms with Crippen molar-refractivity contribution in [3.8, 4) is 0 Å². The maximum absolute atomic E-state index is 12.9. The number of aliphatic hydroxyl groups excluding tert-OH is 1. The van der Waals surface area contributed by atoms with Gasteiger partial charge >= 0.3 is 6.18 Å². The Morgan fingerprint density at radius 2 is 1.95 bits per heavy atom. The van der Waals surface area contributed by atoms with Crippen LogP contribution in [0.2, 0.25) is 0 Å². The Bertz CT molecular complexity index is 401. The molecule has 108 valence electrons. The van der Waals surface area contributed by atoms with Crippen molar-refractivity contribution in [1.29, 1.82) is 0 Å². The lowest BCUT2D eigenvalue weighted by Crippen LogP contribution is -2.28. The molecule has 0 bridgehead atoms.